The molecule has 1 aliphatic rings. The molecule has 3 aromatic rings. The third-order valence-electron chi connectivity index (χ3n) is 5.21. The predicted octanol–water partition coefficient (Wildman–Crippen LogP) is 4.19. The molecule has 10 heteroatoms. The molecule has 1 aliphatic carbocycles. The Morgan fingerprint density at radius 2 is 2.03 bits per heavy atom. The molecule has 30 heavy (non-hydrogen) atoms. The minimum absolute atomic E-state index is 0.209. The molecule has 156 valence electrons. The highest BCUT2D eigenvalue weighted by Crippen LogP contribution is 2.45. The maximum Gasteiger partial charge on any atom is 0.248 e. The molecule has 2 unspecified atom stereocenters. The van der Waals surface area contributed by atoms with E-state index in [0.717, 1.165) is 10.0 Å². The summed E-state index contributed by atoms with van der Waals surface area (Å²) in [4.78, 5) is 18.6. The minimum atomic E-state index is -2.75. The molecule has 0 saturated heterocycles. The van der Waals surface area contributed by atoms with Crippen molar-refractivity contribution in [2.24, 2.45) is 13.0 Å². The summed E-state index contributed by atoms with van der Waals surface area (Å²) in [5, 5.41) is 14.7. The number of carbonyl (C=O) groups excluding carboxylic acids is 1. The maximum atomic E-state index is 13.9. The van der Waals surface area contributed by atoms with E-state index in [9.17, 15) is 13.6 Å². The van der Waals surface area contributed by atoms with Gasteiger partial charge in [0.25, 0.3) is 0 Å². The summed E-state index contributed by atoms with van der Waals surface area (Å²) >= 11 is 3.30. The highest BCUT2D eigenvalue weighted by Gasteiger charge is 2.45. The quantitative estimate of drug-likeness (QED) is 0.596. The molecule has 2 aromatic heterocycles. The lowest BCUT2D eigenvalue weighted by Gasteiger charge is -2.23. The molecular formula is C20H19BrF2N6O. The van der Waals surface area contributed by atoms with Gasteiger partial charge in [0.05, 0.1) is 13.0 Å². The summed E-state index contributed by atoms with van der Waals surface area (Å²) in [5.74, 6) is -3.45. The molecule has 0 aliphatic heterocycles. The summed E-state index contributed by atoms with van der Waals surface area (Å²) < 4.78 is 28.6. The zero-order chi connectivity index (χ0) is 21.3. The molecule has 2 heterocycles. The van der Waals surface area contributed by atoms with Crippen molar-refractivity contribution in [2.45, 2.75) is 31.1 Å². The molecule has 1 fully saturated rings. The number of aromatic nitrogens is 5. The highest BCUT2D eigenvalue weighted by molar-refractivity contribution is 9.10. The molecule has 4 rings (SSSR count). The van der Waals surface area contributed by atoms with Gasteiger partial charge < -0.3 is 5.32 Å². The van der Waals surface area contributed by atoms with Crippen molar-refractivity contribution in [1.29, 1.82) is 0 Å². The van der Waals surface area contributed by atoms with Gasteiger partial charge in [-0.2, -0.15) is 4.80 Å². The number of nitrogens with one attached hydrogen (secondary N) is 1. The van der Waals surface area contributed by atoms with Gasteiger partial charge in [0.1, 0.15) is 5.82 Å². The van der Waals surface area contributed by atoms with Crippen molar-refractivity contribution in [2.75, 3.05) is 5.32 Å². The molecular weight excluding hydrogens is 458 g/mol. The van der Waals surface area contributed by atoms with E-state index in [2.05, 4.69) is 41.6 Å². The number of pyridine rings is 1. The summed E-state index contributed by atoms with van der Waals surface area (Å²) in [6.07, 6.45) is 1.33. The van der Waals surface area contributed by atoms with Crippen LogP contribution in [-0.4, -0.2) is 37.0 Å². The third-order valence-corrected chi connectivity index (χ3v) is 5.68. The lowest BCUT2D eigenvalue weighted by atomic mass is 9.83. The Morgan fingerprint density at radius 1 is 1.27 bits per heavy atom. The van der Waals surface area contributed by atoms with Crippen molar-refractivity contribution in [3.8, 4) is 11.4 Å². The van der Waals surface area contributed by atoms with Gasteiger partial charge in [0.15, 0.2) is 0 Å². The van der Waals surface area contributed by atoms with E-state index in [0.29, 0.717) is 17.2 Å². The molecule has 0 bridgehead atoms. The summed E-state index contributed by atoms with van der Waals surface area (Å²) in [6, 6.07) is 10.5. The first kappa shape index (κ1) is 20.5. The fraction of sp³-hybridized carbons (Fsp3) is 0.350. The maximum absolute atomic E-state index is 13.9. The Bertz CT molecular complexity index is 1040. The fourth-order valence-electron chi connectivity index (χ4n) is 3.80. The van der Waals surface area contributed by atoms with E-state index >= 15 is 0 Å². The Hall–Kier alpha value is -2.75. The number of hydrogen-bond acceptors (Lipinski definition) is 5. The third kappa shape index (κ3) is 4.53. The van der Waals surface area contributed by atoms with Crippen molar-refractivity contribution in [3.05, 3.63) is 52.6 Å². The number of tetrazole rings is 1. The molecule has 1 N–H and O–H groups in total. The van der Waals surface area contributed by atoms with E-state index in [1.54, 1.807) is 49.6 Å². The van der Waals surface area contributed by atoms with Gasteiger partial charge in [-0.15, -0.1) is 10.2 Å². The topological polar surface area (TPSA) is 85.6 Å². The lowest BCUT2D eigenvalue weighted by molar-refractivity contribution is -0.118. The van der Waals surface area contributed by atoms with E-state index in [1.807, 2.05) is 0 Å². The van der Waals surface area contributed by atoms with E-state index < -0.39 is 17.8 Å². The Balaban J connectivity index is 1.61. The number of halogens is 3. The minimum Gasteiger partial charge on any atom is -0.310 e. The molecule has 0 radical (unpaired) electrons. The average molecular weight is 477 g/mol. The van der Waals surface area contributed by atoms with Gasteiger partial charge in [-0.25, -0.2) is 13.8 Å². The van der Waals surface area contributed by atoms with Crippen LogP contribution in [0.15, 0.2) is 47.1 Å². The van der Waals surface area contributed by atoms with Crippen LogP contribution in [0.4, 0.5) is 14.6 Å². The number of nitrogens with zero attached hydrogens (tertiary/aromatic N) is 5. The monoisotopic (exact) mass is 476 g/mol. The van der Waals surface area contributed by atoms with Gasteiger partial charge in [-0.05, 0) is 51.2 Å². The molecule has 1 saturated carbocycles. The largest absolute Gasteiger partial charge is 0.310 e. The van der Waals surface area contributed by atoms with Crippen LogP contribution in [0.3, 0.4) is 0 Å². The van der Waals surface area contributed by atoms with Crippen LogP contribution in [-0.2, 0) is 11.8 Å². The molecule has 1 amide bonds. The van der Waals surface area contributed by atoms with Gasteiger partial charge in [-0.3, -0.25) is 4.79 Å². The van der Waals surface area contributed by atoms with Crippen LogP contribution >= 0.6 is 15.9 Å². The number of anilines is 1. The average Bonchev–Trinajstić information content (AvgIpc) is 3.29. The number of rotatable bonds is 5. The molecule has 2 atom stereocenters. The fourth-order valence-corrected chi connectivity index (χ4v) is 4.03. The molecule has 1 aromatic carbocycles. The second-order valence-corrected chi connectivity index (χ2v) is 8.33. The standard InChI is InChI=1S/C20H19BrF2N6O/c1-29-27-18(26-28-29)13-4-2-12(3-5-13)17(14-8-9-20(22,23)10-14)19(30)25-16-7-6-15(21)11-24-16/h2-7,11,14,17H,8-10H2,1H3,(H,24,25,30). The second kappa shape index (κ2) is 8.17. The van der Waals surface area contributed by atoms with Crippen molar-refractivity contribution in [1.82, 2.24) is 25.2 Å². The van der Waals surface area contributed by atoms with Crippen LogP contribution in [0.1, 0.15) is 30.7 Å². The van der Waals surface area contributed by atoms with Crippen molar-refractivity contribution >= 4 is 27.7 Å². The number of hydrogen-bond donors (Lipinski definition) is 1. The van der Waals surface area contributed by atoms with Crippen LogP contribution in [0.5, 0.6) is 0 Å². The van der Waals surface area contributed by atoms with Crippen molar-refractivity contribution in [3.63, 3.8) is 0 Å². The van der Waals surface area contributed by atoms with Crippen LogP contribution in [0.25, 0.3) is 11.4 Å². The Kier molecular flexibility index (Phi) is 5.59. The van der Waals surface area contributed by atoms with E-state index in [4.69, 9.17) is 0 Å². The Labute approximate surface area is 180 Å². The SMILES string of the molecule is Cn1nnc(-c2ccc(C(C(=O)Nc3ccc(Br)cn3)C3CCC(F)(F)C3)cc2)n1. The van der Waals surface area contributed by atoms with Gasteiger partial charge in [-0.1, -0.05) is 24.3 Å². The smallest absolute Gasteiger partial charge is 0.248 e. The van der Waals surface area contributed by atoms with Crippen LogP contribution < -0.4 is 5.32 Å². The van der Waals surface area contributed by atoms with E-state index in [-0.39, 0.29) is 25.2 Å². The Morgan fingerprint density at radius 3 is 2.60 bits per heavy atom. The normalized spacial score (nSPS) is 18.9. The van der Waals surface area contributed by atoms with Crippen LogP contribution in [0, 0.1) is 5.92 Å². The predicted molar refractivity (Wildman–Crippen MR) is 110 cm³/mol. The first-order chi connectivity index (χ1) is 14.3. The second-order valence-electron chi connectivity index (χ2n) is 7.41. The van der Waals surface area contributed by atoms with Crippen LogP contribution in [0.2, 0.25) is 0 Å². The number of aryl methyl sites for hydroxylation is 1. The van der Waals surface area contributed by atoms with Gasteiger partial charge in [0, 0.05) is 29.1 Å². The number of carbonyl (C=O) groups is 1. The number of alkyl halides is 2. The number of benzene rings is 1. The molecule has 0 spiro atoms. The van der Waals surface area contributed by atoms with Gasteiger partial charge >= 0.3 is 0 Å². The lowest BCUT2D eigenvalue weighted by Crippen LogP contribution is -2.27. The zero-order valence-corrected chi connectivity index (χ0v) is 17.7. The zero-order valence-electron chi connectivity index (χ0n) is 16.1. The molecule has 7 nitrogen and oxygen atoms in total. The first-order valence-corrected chi connectivity index (χ1v) is 10.2. The number of amides is 1. The highest BCUT2D eigenvalue weighted by atomic mass is 79.9. The van der Waals surface area contributed by atoms with Gasteiger partial charge in [0.2, 0.25) is 17.7 Å². The van der Waals surface area contributed by atoms with E-state index in [1.165, 1.54) is 4.80 Å². The summed E-state index contributed by atoms with van der Waals surface area (Å²) in [7, 11) is 1.67. The summed E-state index contributed by atoms with van der Waals surface area (Å²) in [6.45, 7) is 0. The first-order valence-electron chi connectivity index (χ1n) is 9.45. The van der Waals surface area contributed by atoms with Crippen molar-refractivity contribution < 1.29 is 13.6 Å². The summed E-state index contributed by atoms with van der Waals surface area (Å²) in [5.41, 5.74) is 1.40.